The van der Waals surface area contributed by atoms with Crippen LogP contribution in [0.25, 0.3) is 0 Å². The third kappa shape index (κ3) is 3.60. The molecule has 5 nitrogen and oxygen atoms in total. The zero-order chi connectivity index (χ0) is 14.8. The van der Waals surface area contributed by atoms with Crippen LogP contribution in [-0.2, 0) is 11.2 Å². The van der Waals surface area contributed by atoms with Gasteiger partial charge in [-0.05, 0) is 45.4 Å². The molecule has 1 fully saturated rings. The van der Waals surface area contributed by atoms with Crippen LogP contribution in [0.3, 0.4) is 0 Å². The summed E-state index contributed by atoms with van der Waals surface area (Å²) in [6, 6.07) is 0. The molecular formula is C15H24N2O3. The van der Waals surface area contributed by atoms with Gasteiger partial charge in [0, 0.05) is 12.1 Å². The Balaban J connectivity index is 1.84. The number of nitrogens with one attached hydrogen (secondary N) is 1. The van der Waals surface area contributed by atoms with Gasteiger partial charge in [0.15, 0.2) is 0 Å². The van der Waals surface area contributed by atoms with E-state index in [1.807, 2.05) is 6.92 Å². The number of carbonyl (C=O) groups is 1. The van der Waals surface area contributed by atoms with E-state index >= 15 is 0 Å². The molecular weight excluding hydrogens is 256 g/mol. The molecule has 1 amide bonds. The third-order valence-corrected chi connectivity index (χ3v) is 4.34. The summed E-state index contributed by atoms with van der Waals surface area (Å²) in [7, 11) is 0. The molecule has 0 saturated heterocycles. The van der Waals surface area contributed by atoms with Gasteiger partial charge in [-0.25, -0.2) is 0 Å². The van der Waals surface area contributed by atoms with E-state index in [2.05, 4.69) is 17.4 Å². The molecule has 5 heteroatoms. The van der Waals surface area contributed by atoms with Gasteiger partial charge in [0.25, 0.3) is 0 Å². The molecule has 20 heavy (non-hydrogen) atoms. The van der Waals surface area contributed by atoms with Crippen molar-refractivity contribution in [3.8, 4) is 0 Å². The van der Waals surface area contributed by atoms with Gasteiger partial charge < -0.3 is 14.9 Å². The van der Waals surface area contributed by atoms with Crippen molar-refractivity contribution in [1.82, 2.24) is 10.5 Å². The second kappa shape index (κ2) is 5.95. The first-order valence-electron chi connectivity index (χ1n) is 7.30. The topological polar surface area (TPSA) is 75.4 Å². The summed E-state index contributed by atoms with van der Waals surface area (Å²) in [5.74, 6) is 1.27. The van der Waals surface area contributed by atoms with Gasteiger partial charge in [-0.1, -0.05) is 12.1 Å². The maximum atomic E-state index is 12.0. The zero-order valence-electron chi connectivity index (χ0n) is 12.5. The van der Waals surface area contributed by atoms with Crippen molar-refractivity contribution in [3.05, 3.63) is 17.0 Å². The molecule has 2 rings (SSSR count). The van der Waals surface area contributed by atoms with Gasteiger partial charge >= 0.3 is 0 Å². The largest absolute Gasteiger partial charge is 0.388 e. The van der Waals surface area contributed by atoms with E-state index in [1.165, 1.54) is 0 Å². The van der Waals surface area contributed by atoms with Gasteiger partial charge in [-0.15, -0.1) is 0 Å². The molecule has 0 atom stereocenters. The Morgan fingerprint density at radius 1 is 1.45 bits per heavy atom. The van der Waals surface area contributed by atoms with E-state index < -0.39 is 5.60 Å². The SMILES string of the molecule is Cc1noc(C)c1CC(=O)NCC1(O)CCC(C)CC1. The number of nitrogens with zero attached hydrogens (tertiary/aromatic N) is 1. The van der Waals surface area contributed by atoms with Crippen molar-refractivity contribution in [2.45, 2.75) is 58.5 Å². The van der Waals surface area contributed by atoms with Crippen molar-refractivity contribution in [3.63, 3.8) is 0 Å². The number of hydrogen-bond acceptors (Lipinski definition) is 4. The standard InChI is InChI=1S/C15H24N2O3/c1-10-4-6-15(19,7-5-10)9-16-14(18)8-13-11(2)17-20-12(13)3/h10,19H,4-9H2,1-3H3,(H,16,18). The normalized spacial score (nSPS) is 26.5. The van der Waals surface area contributed by atoms with Gasteiger partial charge in [0.1, 0.15) is 5.76 Å². The molecule has 1 heterocycles. The highest BCUT2D eigenvalue weighted by Crippen LogP contribution is 2.31. The first-order chi connectivity index (χ1) is 9.39. The Kier molecular flexibility index (Phi) is 4.48. The molecule has 1 aliphatic rings. The van der Waals surface area contributed by atoms with Crippen LogP contribution in [-0.4, -0.2) is 28.3 Å². The fourth-order valence-electron chi connectivity index (χ4n) is 2.72. The Hall–Kier alpha value is -1.36. The molecule has 1 aliphatic carbocycles. The van der Waals surface area contributed by atoms with Crippen LogP contribution in [0.5, 0.6) is 0 Å². The average Bonchev–Trinajstić information content (AvgIpc) is 2.72. The number of amides is 1. The highest BCUT2D eigenvalue weighted by atomic mass is 16.5. The van der Waals surface area contributed by atoms with Crippen LogP contribution in [0.15, 0.2) is 4.52 Å². The molecule has 2 N–H and O–H groups in total. The molecule has 0 spiro atoms. The van der Waals surface area contributed by atoms with Crippen molar-refractivity contribution in [1.29, 1.82) is 0 Å². The number of hydrogen-bond donors (Lipinski definition) is 2. The minimum Gasteiger partial charge on any atom is -0.388 e. The summed E-state index contributed by atoms with van der Waals surface area (Å²) in [5.41, 5.74) is 0.857. The van der Waals surface area contributed by atoms with Crippen LogP contribution in [0, 0.1) is 19.8 Å². The second-order valence-electron chi connectivity index (χ2n) is 6.16. The number of aromatic nitrogens is 1. The van der Waals surface area contributed by atoms with Gasteiger partial charge in [0.05, 0.1) is 17.7 Å². The summed E-state index contributed by atoms with van der Waals surface area (Å²) >= 11 is 0. The van der Waals surface area contributed by atoms with Crippen LogP contribution in [0.2, 0.25) is 0 Å². The summed E-state index contributed by atoms with van der Waals surface area (Å²) in [4.78, 5) is 12.0. The summed E-state index contributed by atoms with van der Waals surface area (Å²) in [6.07, 6.45) is 3.83. The van der Waals surface area contributed by atoms with Crippen molar-refractivity contribution in [2.24, 2.45) is 5.92 Å². The molecule has 0 radical (unpaired) electrons. The van der Waals surface area contributed by atoms with E-state index in [0.29, 0.717) is 18.2 Å². The minimum atomic E-state index is -0.735. The molecule has 112 valence electrons. The Labute approximate surface area is 119 Å². The van der Waals surface area contributed by atoms with E-state index in [-0.39, 0.29) is 12.3 Å². The van der Waals surface area contributed by atoms with Crippen LogP contribution in [0.4, 0.5) is 0 Å². The van der Waals surface area contributed by atoms with Crippen molar-refractivity contribution < 1.29 is 14.4 Å². The fraction of sp³-hybridized carbons (Fsp3) is 0.733. The summed E-state index contributed by atoms with van der Waals surface area (Å²) in [6.45, 7) is 6.17. The Bertz CT molecular complexity index is 454. The average molecular weight is 280 g/mol. The molecule has 1 aromatic rings. The van der Waals surface area contributed by atoms with E-state index in [1.54, 1.807) is 6.92 Å². The summed E-state index contributed by atoms with van der Waals surface area (Å²) in [5, 5.41) is 17.1. The quantitative estimate of drug-likeness (QED) is 0.883. The highest BCUT2D eigenvalue weighted by Gasteiger charge is 2.32. The van der Waals surface area contributed by atoms with Crippen LogP contribution >= 0.6 is 0 Å². The second-order valence-corrected chi connectivity index (χ2v) is 6.16. The van der Waals surface area contributed by atoms with Gasteiger partial charge in [-0.3, -0.25) is 4.79 Å². The lowest BCUT2D eigenvalue weighted by molar-refractivity contribution is -0.122. The number of aliphatic hydroxyl groups is 1. The van der Waals surface area contributed by atoms with E-state index in [0.717, 1.165) is 36.9 Å². The van der Waals surface area contributed by atoms with E-state index in [4.69, 9.17) is 4.52 Å². The molecule has 0 unspecified atom stereocenters. The lowest BCUT2D eigenvalue weighted by atomic mass is 9.79. The molecule has 1 saturated carbocycles. The lowest BCUT2D eigenvalue weighted by Gasteiger charge is -2.34. The maximum Gasteiger partial charge on any atom is 0.224 e. The van der Waals surface area contributed by atoms with Crippen LogP contribution in [0.1, 0.15) is 49.6 Å². The van der Waals surface area contributed by atoms with Crippen molar-refractivity contribution in [2.75, 3.05) is 6.54 Å². The Morgan fingerprint density at radius 3 is 2.65 bits per heavy atom. The molecule has 0 aromatic carbocycles. The Morgan fingerprint density at radius 2 is 2.10 bits per heavy atom. The molecule has 1 aromatic heterocycles. The maximum absolute atomic E-state index is 12.0. The van der Waals surface area contributed by atoms with Gasteiger partial charge in [-0.2, -0.15) is 0 Å². The lowest BCUT2D eigenvalue weighted by Crippen LogP contribution is -2.45. The third-order valence-electron chi connectivity index (χ3n) is 4.34. The zero-order valence-corrected chi connectivity index (χ0v) is 12.5. The summed E-state index contributed by atoms with van der Waals surface area (Å²) < 4.78 is 5.04. The predicted octanol–water partition coefficient (Wildman–Crippen LogP) is 1.89. The highest BCUT2D eigenvalue weighted by molar-refractivity contribution is 5.79. The van der Waals surface area contributed by atoms with Crippen LogP contribution < -0.4 is 5.32 Å². The molecule has 0 aliphatic heterocycles. The van der Waals surface area contributed by atoms with Gasteiger partial charge in [0.2, 0.25) is 5.91 Å². The van der Waals surface area contributed by atoms with Crippen molar-refractivity contribution >= 4 is 5.91 Å². The molecule has 0 bridgehead atoms. The monoisotopic (exact) mass is 280 g/mol. The predicted molar refractivity (Wildman–Crippen MR) is 75.3 cm³/mol. The number of rotatable bonds is 4. The minimum absolute atomic E-state index is 0.0913. The first kappa shape index (κ1) is 15.0. The van der Waals surface area contributed by atoms with E-state index in [9.17, 15) is 9.90 Å². The first-order valence-corrected chi connectivity index (χ1v) is 7.30. The smallest absolute Gasteiger partial charge is 0.224 e. The number of aryl methyl sites for hydroxylation is 2. The number of carbonyl (C=O) groups excluding carboxylic acids is 1. The fourth-order valence-corrected chi connectivity index (χ4v) is 2.72.